The fourth-order valence-electron chi connectivity index (χ4n) is 3.51. The molecule has 0 radical (unpaired) electrons. The van der Waals surface area contributed by atoms with Gasteiger partial charge in [-0.1, -0.05) is 61.2 Å². The van der Waals surface area contributed by atoms with E-state index < -0.39 is 0 Å². The van der Waals surface area contributed by atoms with Crippen molar-refractivity contribution in [3.05, 3.63) is 103 Å². The van der Waals surface area contributed by atoms with Crippen LogP contribution in [0.1, 0.15) is 12.0 Å². The summed E-state index contributed by atoms with van der Waals surface area (Å²) >= 11 is 1.78. The Morgan fingerprint density at radius 2 is 1.66 bits per heavy atom. The Morgan fingerprint density at radius 3 is 2.38 bits per heavy atom. The molecular formula is C28H21N3S. The zero-order valence-corrected chi connectivity index (χ0v) is 18.2. The van der Waals surface area contributed by atoms with Crippen molar-refractivity contribution < 1.29 is 0 Å². The third-order valence-corrected chi connectivity index (χ3v) is 6.41. The highest BCUT2D eigenvalue weighted by Crippen LogP contribution is 2.37. The van der Waals surface area contributed by atoms with E-state index in [4.69, 9.17) is 16.1 Å². The summed E-state index contributed by atoms with van der Waals surface area (Å²) in [4.78, 5) is 0. The van der Waals surface area contributed by atoms with Gasteiger partial charge in [-0.2, -0.15) is 5.26 Å². The van der Waals surface area contributed by atoms with Gasteiger partial charge in [0.1, 0.15) is 6.07 Å². The van der Waals surface area contributed by atoms with E-state index >= 15 is 0 Å². The van der Waals surface area contributed by atoms with E-state index in [9.17, 15) is 0 Å². The predicted molar refractivity (Wildman–Crippen MR) is 138 cm³/mol. The standard InChI is InChI=1S/C28H21N3S/c1-19(7-11-24(31)12-8-20(17-29)18-30)22-9-13-27-25(15-22)26-16-23(10-14-28(26)32-27)21-5-3-2-4-6-21/h2-11,13-17,29,31H,1,12H2/b11-7-,20-8+,29-17?,31-24?. The number of hydrogen-bond donors (Lipinski definition) is 2. The Hall–Kier alpha value is -4.07. The largest absolute Gasteiger partial charge is 0.307 e. The Kier molecular flexibility index (Phi) is 6.21. The summed E-state index contributed by atoms with van der Waals surface area (Å²) in [7, 11) is 0. The summed E-state index contributed by atoms with van der Waals surface area (Å²) in [6.07, 6.45) is 6.41. The SMILES string of the molecule is C=C(/C=C\C(=N)C/C=C(/C#N)C=N)c1ccc2sc3ccc(-c4ccccc4)cc3c2c1. The Labute approximate surface area is 191 Å². The molecule has 2 N–H and O–H groups in total. The Bertz CT molecular complexity index is 1450. The van der Waals surface area contributed by atoms with Crippen LogP contribution in [0.15, 0.2) is 97.1 Å². The molecule has 154 valence electrons. The predicted octanol–water partition coefficient (Wildman–Crippen LogP) is 7.80. The molecule has 0 saturated carbocycles. The van der Waals surface area contributed by atoms with Crippen LogP contribution in [0.4, 0.5) is 0 Å². The molecule has 4 aromatic rings. The second kappa shape index (κ2) is 9.38. The average molecular weight is 432 g/mol. The molecule has 0 atom stereocenters. The van der Waals surface area contributed by atoms with Crippen molar-refractivity contribution in [2.45, 2.75) is 6.42 Å². The van der Waals surface area contributed by atoms with Crippen LogP contribution in [-0.4, -0.2) is 11.9 Å². The summed E-state index contributed by atoms with van der Waals surface area (Å²) in [5.74, 6) is 0. The van der Waals surface area contributed by atoms with E-state index in [1.54, 1.807) is 23.5 Å². The van der Waals surface area contributed by atoms with Gasteiger partial charge in [-0.15, -0.1) is 11.3 Å². The number of hydrogen-bond acceptors (Lipinski definition) is 4. The van der Waals surface area contributed by atoms with Gasteiger partial charge in [-0.3, -0.25) is 0 Å². The Morgan fingerprint density at radius 1 is 0.938 bits per heavy atom. The molecule has 4 heteroatoms. The minimum absolute atomic E-state index is 0.256. The number of nitrogens with zero attached hydrogens (tertiary/aromatic N) is 1. The van der Waals surface area contributed by atoms with Gasteiger partial charge in [0.05, 0.1) is 5.57 Å². The van der Waals surface area contributed by atoms with Crippen LogP contribution in [0.2, 0.25) is 0 Å². The van der Waals surface area contributed by atoms with Crippen molar-refractivity contribution in [2.24, 2.45) is 0 Å². The van der Waals surface area contributed by atoms with Crippen molar-refractivity contribution in [3.8, 4) is 17.2 Å². The summed E-state index contributed by atoms with van der Waals surface area (Å²) in [5, 5.41) is 26.5. The minimum Gasteiger partial charge on any atom is -0.307 e. The highest BCUT2D eigenvalue weighted by Gasteiger charge is 2.08. The Balaban J connectivity index is 1.62. The summed E-state index contributed by atoms with van der Waals surface area (Å²) in [6, 6.07) is 25.3. The first-order valence-electron chi connectivity index (χ1n) is 10.2. The second-order valence-electron chi connectivity index (χ2n) is 7.39. The van der Waals surface area contributed by atoms with Gasteiger partial charge in [0, 0.05) is 38.5 Å². The molecule has 0 bridgehead atoms. The lowest BCUT2D eigenvalue weighted by atomic mass is 10.0. The van der Waals surface area contributed by atoms with Gasteiger partial charge in [0.25, 0.3) is 0 Å². The molecule has 0 aliphatic carbocycles. The molecule has 0 spiro atoms. The first-order chi connectivity index (χ1) is 15.6. The third kappa shape index (κ3) is 4.49. The zero-order chi connectivity index (χ0) is 22.5. The lowest BCUT2D eigenvalue weighted by Crippen LogP contribution is -1.90. The molecule has 1 aromatic heterocycles. The molecule has 0 unspecified atom stereocenters. The van der Waals surface area contributed by atoms with Gasteiger partial charge < -0.3 is 10.8 Å². The normalized spacial score (nSPS) is 11.7. The van der Waals surface area contributed by atoms with Gasteiger partial charge in [0.2, 0.25) is 0 Å². The molecular weight excluding hydrogens is 410 g/mol. The molecule has 0 aliphatic rings. The maximum Gasteiger partial charge on any atom is 0.100 e. The summed E-state index contributed by atoms with van der Waals surface area (Å²) in [6.45, 7) is 4.18. The second-order valence-corrected chi connectivity index (χ2v) is 8.48. The molecule has 3 aromatic carbocycles. The maximum absolute atomic E-state index is 8.86. The van der Waals surface area contributed by atoms with Crippen molar-refractivity contribution in [1.29, 1.82) is 16.1 Å². The lowest BCUT2D eigenvalue weighted by molar-refractivity contribution is 1.37. The fraction of sp³-hybridized carbons (Fsp3) is 0.0357. The quantitative estimate of drug-likeness (QED) is 0.175. The molecule has 4 rings (SSSR count). The van der Waals surface area contributed by atoms with E-state index in [1.165, 1.54) is 31.3 Å². The van der Waals surface area contributed by atoms with Crippen molar-refractivity contribution in [3.63, 3.8) is 0 Å². The van der Waals surface area contributed by atoms with Crippen LogP contribution in [0, 0.1) is 22.1 Å². The smallest absolute Gasteiger partial charge is 0.100 e. The van der Waals surface area contributed by atoms with Crippen LogP contribution >= 0.6 is 11.3 Å². The molecule has 1 heterocycles. The summed E-state index contributed by atoms with van der Waals surface area (Å²) in [5.41, 5.74) is 4.85. The molecule has 0 fully saturated rings. The van der Waals surface area contributed by atoms with E-state index in [1.807, 2.05) is 18.2 Å². The van der Waals surface area contributed by atoms with E-state index in [-0.39, 0.29) is 5.57 Å². The third-order valence-electron chi connectivity index (χ3n) is 5.26. The number of thiophene rings is 1. The molecule has 3 nitrogen and oxygen atoms in total. The van der Waals surface area contributed by atoms with E-state index in [0.29, 0.717) is 12.1 Å². The maximum atomic E-state index is 8.86. The van der Waals surface area contributed by atoms with Crippen LogP contribution in [0.5, 0.6) is 0 Å². The topological polar surface area (TPSA) is 71.5 Å². The fourth-order valence-corrected chi connectivity index (χ4v) is 4.58. The van der Waals surface area contributed by atoms with Gasteiger partial charge in [0.15, 0.2) is 0 Å². The first-order valence-corrected chi connectivity index (χ1v) is 11.0. The number of benzene rings is 3. The van der Waals surface area contributed by atoms with Gasteiger partial charge >= 0.3 is 0 Å². The van der Waals surface area contributed by atoms with E-state index in [2.05, 4.69) is 67.2 Å². The number of allylic oxidation sites excluding steroid dienone is 5. The van der Waals surface area contributed by atoms with E-state index in [0.717, 1.165) is 17.4 Å². The lowest BCUT2D eigenvalue weighted by Gasteiger charge is -2.04. The molecule has 0 saturated heterocycles. The van der Waals surface area contributed by atoms with Crippen LogP contribution in [0.25, 0.3) is 36.9 Å². The van der Waals surface area contributed by atoms with Crippen LogP contribution in [0.3, 0.4) is 0 Å². The number of nitriles is 1. The highest BCUT2D eigenvalue weighted by molar-refractivity contribution is 7.25. The van der Waals surface area contributed by atoms with Gasteiger partial charge in [-0.05, 0) is 52.6 Å². The summed E-state index contributed by atoms with van der Waals surface area (Å²) < 4.78 is 2.49. The average Bonchev–Trinajstić information content (AvgIpc) is 3.20. The monoisotopic (exact) mass is 431 g/mol. The number of nitrogens with one attached hydrogen (secondary N) is 2. The van der Waals surface area contributed by atoms with Crippen molar-refractivity contribution in [1.82, 2.24) is 0 Å². The number of rotatable bonds is 7. The van der Waals surface area contributed by atoms with Crippen molar-refractivity contribution in [2.75, 3.05) is 0 Å². The molecule has 0 aliphatic heterocycles. The van der Waals surface area contributed by atoms with Crippen LogP contribution in [-0.2, 0) is 0 Å². The van der Waals surface area contributed by atoms with Gasteiger partial charge in [-0.25, -0.2) is 0 Å². The highest BCUT2D eigenvalue weighted by atomic mass is 32.1. The molecule has 32 heavy (non-hydrogen) atoms. The number of fused-ring (bicyclic) bond motifs is 3. The molecule has 0 amide bonds. The van der Waals surface area contributed by atoms with Crippen LogP contribution < -0.4 is 0 Å². The minimum atomic E-state index is 0.256. The zero-order valence-electron chi connectivity index (χ0n) is 17.4. The van der Waals surface area contributed by atoms with Crippen molar-refractivity contribution >= 4 is 49.0 Å². The first kappa shape index (κ1) is 21.2.